The van der Waals surface area contributed by atoms with Gasteiger partial charge >= 0.3 is 0 Å². The number of amides is 1. The molecule has 0 aliphatic rings. The molecule has 100 valence electrons. The van der Waals surface area contributed by atoms with E-state index in [-0.39, 0.29) is 11.5 Å². The molecule has 0 atom stereocenters. The third kappa shape index (κ3) is 3.28. The van der Waals surface area contributed by atoms with Crippen LogP contribution in [0.25, 0.3) is 0 Å². The fourth-order valence-corrected chi connectivity index (χ4v) is 1.33. The molecule has 0 saturated heterocycles. The van der Waals surface area contributed by atoms with Crippen LogP contribution in [-0.2, 0) is 11.3 Å². The van der Waals surface area contributed by atoms with Crippen LogP contribution in [0.4, 0.5) is 10.3 Å². The lowest BCUT2D eigenvalue weighted by atomic mass is 10.2. The van der Waals surface area contributed by atoms with Gasteiger partial charge in [0.2, 0.25) is 5.95 Å². The van der Waals surface area contributed by atoms with E-state index in [2.05, 4.69) is 25.8 Å². The Morgan fingerprint density at radius 1 is 1.53 bits per heavy atom. The first-order valence-corrected chi connectivity index (χ1v) is 5.37. The Morgan fingerprint density at radius 2 is 2.37 bits per heavy atom. The van der Waals surface area contributed by atoms with E-state index in [0.717, 1.165) is 12.3 Å². The molecule has 19 heavy (non-hydrogen) atoms. The maximum absolute atomic E-state index is 12.9. The Labute approximate surface area is 107 Å². The third-order valence-electron chi connectivity index (χ3n) is 2.23. The molecule has 2 aromatic rings. The van der Waals surface area contributed by atoms with E-state index in [0.29, 0.717) is 13.2 Å². The van der Waals surface area contributed by atoms with E-state index in [9.17, 15) is 9.18 Å². The lowest BCUT2D eigenvalue weighted by Crippen LogP contribution is -2.18. The van der Waals surface area contributed by atoms with Gasteiger partial charge in [0.05, 0.1) is 24.9 Å². The number of carbonyl (C=O) groups excluding carboxylic acids is 1. The molecule has 0 aromatic carbocycles. The molecule has 2 heterocycles. The number of ether oxygens (including phenoxy) is 1. The van der Waals surface area contributed by atoms with Gasteiger partial charge in [-0.05, 0) is 16.5 Å². The second kappa shape index (κ2) is 5.96. The van der Waals surface area contributed by atoms with Gasteiger partial charge in [0.1, 0.15) is 5.82 Å². The Morgan fingerprint density at radius 3 is 3.11 bits per heavy atom. The number of rotatable bonds is 5. The lowest BCUT2D eigenvalue weighted by molar-refractivity contribution is 0.102. The molecule has 8 nitrogen and oxygen atoms in total. The normalized spacial score (nSPS) is 10.4. The summed E-state index contributed by atoms with van der Waals surface area (Å²) in [7, 11) is 1.54. The summed E-state index contributed by atoms with van der Waals surface area (Å²) in [6.07, 6.45) is 2.27. The maximum Gasteiger partial charge on any atom is 0.259 e. The third-order valence-corrected chi connectivity index (χ3v) is 2.23. The Bertz CT molecular complexity index is 573. The largest absolute Gasteiger partial charge is 0.383 e. The summed E-state index contributed by atoms with van der Waals surface area (Å²) in [5.41, 5.74) is 0.0845. The van der Waals surface area contributed by atoms with Crippen molar-refractivity contribution in [3.8, 4) is 0 Å². The number of methoxy groups -OCH3 is 1. The Hall–Kier alpha value is -2.42. The Kier molecular flexibility index (Phi) is 4.08. The molecule has 2 rings (SSSR count). The van der Waals surface area contributed by atoms with E-state index < -0.39 is 11.7 Å². The van der Waals surface area contributed by atoms with Crippen molar-refractivity contribution in [3.63, 3.8) is 0 Å². The van der Waals surface area contributed by atoms with E-state index in [1.807, 2.05) is 0 Å². The highest BCUT2D eigenvalue weighted by atomic mass is 19.1. The van der Waals surface area contributed by atoms with Crippen LogP contribution in [0.1, 0.15) is 10.4 Å². The predicted octanol–water partition coefficient (Wildman–Crippen LogP) is 0.106. The number of halogens is 1. The zero-order valence-corrected chi connectivity index (χ0v) is 10.1. The molecule has 0 radical (unpaired) electrons. The number of hydrogen-bond donors (Lipinski definition) is 1. The van der Waals surface area contributed by atoms with Gasteiger partial charge in [0, 0.05) is 13.3 Å². The van der Waals surface area contributed by atoms with Gasteiger partial charge < -0.3 is 4.74 Å². The highest BCUT2D eigenvalue weighted by molar-refractivity contribution is 6.03. The summed E-state index contributed by atoms with van der Waals surface area (Å²) in [5, 5.41) is 13.3. The van der Waals surface area contributed by atoms with Gasteiger partial charge in [0.15, 0.2) is 0 Å². The van der Waals surface area contributed by atoms with E-state index >= 15 is 0 Å². The van der Waals surface area contributed by atoms with Crippen LogP contribution < -0.4 is 5.32 Å². The molecule has 1 N–H and O–H groups in total. The quantitative estimate of drug-likeness (QED) is 0.825. The smallest absolute Gasteiger partial charge is 0.259 e. The van der Waals surface area contributed by atoms with Crippen molar-refractivity contribution in [1.82, 2.24) is 25.2 Å². The number of carbonyl (C=O) groups is 1. The fourth-order valence-electron chi connectivity index (χ4n) is 1.33. The van der Waals surface area contributed by atoms with Gasteiger partial charge in [-0.15, -0.1) is 0 Å². The fraction of sp³-hybridized carbons (Fsp3) is 0.300. The summed E-state index contributed by atoms with van der Waals surface area (Å²) in [4.78, 5) is 15.4. The molecule has 1 amide bonds. The van der Waals surface area contributed by atoms with Crippen LogP contribution in [0.2, 0.25) is 0 Å². The number of nitrogens with one attached hydrogen (secondary N) is 1. The molecule has 9 heteroatoms. The zero-order valence-electron chi connectivity index (χ0n) is 10.1. The number of hydrogen-bond acceptors (Lipinski definition) is 6. The molecule has 0 bridgehead atoms. The van der Waals surface area contributed by atoms with Crippen LogP contribution >= 0.6 is 0 Å². The standard InChI is InChI=1S/C10H11FN6O2/c1-19-3-2-17-10(14-15-16-17)13-9(18)7-4-8(11)6-12-5-7/h4-6H,2-3H2,1H3,(H,13,14,16,18). The van der Waals surface area contributed by atoms with Crippen molar-refractivity contribution in [2.24, 2.45) is 0 Å². The number of anilines is 1. The second-order valence-electron chi connectivity index (χ2n) is 3.56. The first-order valence-electron chi connectivity index (χ1n) is 5.37. The van der Waals surface area contributed by atoms with Crippen LogP contribution in [0.15, 0.2) is 18.5 Å². The lowest BCUT2D eigenvalue weighted by Gasteiger charge is -2.05. The summed E-state index contributed by atoms with van der Waals surface area (Å²) in [6, 6.07) is 1.08. The van der Waals surface area contributed by atoms with Crippen molar-refractivity contribution in [2.75, 3.05) is 19.0 Å². The molecule has 0 fully saturated rings. The average molecular weight is 266 g/mol. The molecule has 0 spiro atoms. The van der Waals surface area contributed by atoms with E-state index in [4.69, 9.17) is 4.74 Å². The number of nitrogens with zero attached hydrogens (tertiary/aromatic N) is 5. The summed E-state index contributed by atoms with van der Waals surface area (Å²) >= 11 is 0. The van der Waals surface area contributed by atoms with Gasteiger partial charge in [-0.3, -0.25) is 15.1 Å². The summed E-state index contributed by atoms with van der Waals surface area (Å²) in [6.45, 7) is 0.788. The summed E-state index contributed by atoms with van der Waals surface area (Å²) < 4.78 is 19.2. The van der Waals surface area contributed by atoms with E-state index in [1.165, 1.54) is 10.9 Å². The van der Waals surface area contributed by atoms with Crippen LogP contribution in [0, 0.1) is 5.82 Å². The van der Waals surface area contributed by atoms with Crippen LogP contribution in [-0.4, -0.2) is 44.8 Å². The number of aromatic nitrogens is 5. The van der Waals surface area contributed by atoms with Gasteiger partial charge in [0.25, 0.3) is 5.91 Å². The summed E-state index contributed by atoms with van der Waals surface area (Å²) in [5.74, 6) is -0.974. The first kappa shape index (κ1) is 13.0. The minimum Gasteiger partial charge on any atom is -0.383 e. The Balaban J connectivity index is 2.09. The minimum absolute atomic E-state index is 0.0845. The molecule has 0 unspecified atom stereocenters. The zero-order chi connectivity index (χ0) is 13.7. The topological polar surface area (TPSA) is 94.8 Å². The monoisotopic (exact) mass is 266 g/mol. The van der Waals surface area contributed by atoms with E-state index in [1.54, 1.807) is 7.11 Å². The molecule has 0 saturated carbocycles. The average Bonchev–Trinajstić information content (AvgIpc) is 2.83. The maximum atomic E-state index is 12.9. The number of tetrazole rings is 1. The van der Waals surface area contributed by atoms with Crippen molar-refractivity contribution >= 4 is 11.9 Å². The molecule has 0 aliphatic heterocycles. The highest BCUT2D eigenvalue weighted by Gasteiger charge is 2.12. The van der Waals surface area contributed by atoms with Gasteiger partial charge in [-0.25, -0.2) is 9.07 Å². The molecular weight excluding hydrogens is 255 g/mol. The predicted molar refractivity (Wildman–Crippen MR) is 61.8 cm³/mol. The van der Waals surface area contributed by atoms with Crippen molar-refractivity contribution in [1.29, 1.82) is 0 Å². The SMILES string of the molecule is COCCn1nnnc1NC(=O)c1cncc(F)c1. The molecular formula is C10H11FN6O2. The van der Waals surface area contributed by atoms with Crippen LogP contribution in [0.3, 0.4) is 0 Å². The first-order chi connectivity index (χ1) is 9.20. The number of pyridine rings is 1. The highest BCUT2D eigenvalue weighted by Crippen LogP contribution is 2.05. The molecule has 0 aliphatic carbocycles. The van der Waals surface area contributed by atoms with Crippen LogP contribution in [0.5, 0.6) is 0 Å². The van der Waals surface area contributed by atoms with Crippen molar-refractivity contribution in [2.45, 2.75) is 6.54 Å². The van der Waals surface area contributed by atoms with Crippen molar-refractivity contribution < 1.29 is 13.9 Å². The van der Waals surface area contributed by atoms with Gasteiger partial charge in [-0.2, -0.15) is 0 Å². The minimum atomic E-state index is -0.591. The van der Waals surface area contributed by atoms with Gasteiger partial charge in [-0.1, -0.05) is 5.10 Å². The second-order valence-corrected chi connectivity index (χ2v) is 3.56. The van der Waals surface area contributed by atoms with Crippen molar-refractivity contribution in [3.05, 3.63) is 29.8 Å². The molecule has 2 aromatic heterocycles.